The Morgan fingerprint density at radius 2 is 1.71 bits per heavy atom. The quantitative estimate of drug-likeness (QED) is 0.231. The van der Waals surface area contributed by atoms with Crippen molar-refractivity contribution in [2.75, 3.05) is 13.7 Å². The van der Waals surface area contributed by atoms with E-state index in [9.17, 15) is 30.7 Å². The monoisotopic (exact) mass is 566 g/mol. The topological polar surface area (TPSA) is 58.5 Å². The lowest BCUT2D eigenvalue weighted by Gasteiger charge is -2.16. The molecule has 13 heteroatoms. The third-order valence-corrected chi connectivity index (χ3v) is 3.69. The second kappa shape index (κ2) is 11.3. The van der Waals surface area contributed by atoms with Gasteiger partial charge in [0.1, 0.15) is 5.82 Å². The van der Waals surface area contributed by atoms with Crippen molar-refractivity contribution in [3.63, 3.8) is 0 Å². The third kappa shape index (κ3) is 9.14. The number of guanidine groups is 1. The summed E-state index contributed by atoms with van der Waals surface area (Å²) in [4.78, 5) is 7.53. The van der Waals surface area contributed by atoms with Crippen LogP contribution in [0.4, 0.5) is 30.7 Å². The lowest BCUT2D eigenvalue weighted by Crippen LogP contribution is -2.36. The second-order valence-electron chi connectivity index (χ2n) is 5.98. The highest BCUT2D eigenvalue weighted by molar-refractivity contribution is 14.0. The maximum absolute atomic E-state index is 13.2. The van der Waals surface area contributed by atoms with Crippen molar-refractivity contribution in [3.05, 3.63) is 59.0 Å². The summed E-state index contributed by atoms with van der Waals surface area (Å²) < 4.78 is 93.5. The maximum atomic E-state index is 13.2. The fourth-order valence-corrected chi connectivity index (χ4v) is 2.35. The average Bonchev–Trinajstić information content (AvgIpc) is 2.66. The number of nitrogens with zero attached hydrogens (tertiary/aromatic N) is 2. The SMILES string of the molecule is CN=C(NCc1ccnc(OCC(F)(F)F)c1)NCc1ccc(F)cc1C(F)(F)F.I. The molecule has 2 aromatic rings. The fourth-order valence-electron chi connectivity index (χ4n) is 2.35. The molecule has 0 aliphatic heterocycles. The van der Waals surface area contributed by atoms with Crippen molar-refractivity contribution < 1.29 is 35.5 Å². The van der Waals surface area contributed by atoms with Crippen molar-refractivity contribution in [1.82, 2.24) is 15.6 Å². The molecule has 0 aliphatic carbocycles. The van der Waals surface area contributed by atoms with Crippen LogP contribution in [-0.2, 0) is 19.3 Å². The number of hydrogen-bond acceptors (Lipinski definition) is 3. The van der Waals surface area contributed by atoms with Gasteiger partial charge in [-0.2, -0.15) is 26.3 Å². The summed E-state index contributed by atoms with van der Waals surface area (Å²) in [5, 5.41) is 5.47. The normalized spacial score (nSPS) is 12.2. The van der Waals surface area contributed by atoms with Crippen LogP contribution in [-0.4, -0.2) is 30.8 Å². The van der Waals surface area contributed by atoms with E-state index in [1.54, 1.807) is 0 Å². The van der Waals surface area contributed by atoms with Gasteiger partial charge in [0.2, 0.25) is 5.88 Å². The average molecular weight is 566 g/mol. The van der Waals surface area contributed by atoms with E-state index in [1.807, 2.05) is 0 Å². The van der Waals surface area contributed by atoms with E-state index in [4.69, 9.17) is 0 Å². The summed E-state index contributed by atoms with van der Waals surface area (Å²) >= 11 is 0. The highest BCUT2D eigenvalue weighted by Crippen LogP contribution is 2.32. The molecular formula is C18H18F7IN4O. The predicted octanol–water partition coefficient (Wildman–Crippen LogP) is 4.66. The molecule has 5 nitrogen and oxygen atoms in total. The van der Waals surface area contributed by atoms with Crippen LogP contribution >= 0.6 is 24.0 Å². The minimum absolute atomic E-state index is 0. The molecule has 0 aliphatic rings. The third-order valence-electron chi connectivity index (χ3n) is 3.69. The molecule has 0 atom stereocenters. The molecule has 0 spiro atoms. The molecule has 0 fully saturated rings. The van der Waals surface area contributed by atoms with E-state index < -0.39 is 30.3 Å². The van der Waals surface area contributed by atoms with Gasteiger partial charge in [-0.15, -0.1) is 24.0 Å². The van der Waals surface area contributed by atoms with Crippen LogP contribution < -0.4 is 15.4 Å². The van der Waals surface area contributed by atoms with Crippen molar-refractivity contribution in [1.29, 1.82) is 0 Å². The molecule has 2 rings (SSSR count). The van der Waals surface area contributed by atoms with Crippen LogP contribution in [0.25, 0.3) is 0 Å². The first-order valence-corrected chi connectivity index (χ1v) is 8.42. The number of ether oxygens (including phenoxy) is 1. The van der Waals surface area contributed by atoms with E-state index in [0.717, 1.165) is 12.1 Å². The summed E-state index contributed by atoms with van der Waals surface area (Å²) in [6.07, 6.45) is -7.97. The van der Waals surface area contributed by atoms with E-state index in [2.05, 4.69) is 25.3 Å². The van der Waals surface area contributed by atoms with Gasteiger partial charge < -0.3 is 15.4 Å². The Morgan fingerprint density at radius 1 is 1.03 bits per heavy atom. The molecule has 1 aromatic heterocycles. The Morgan fingerprint density at radius 3 is 2.32 bits per heavy atom. The molecule has 0 saturated heterocycles. The number of benzene rings is 1. The highest BCUT2D eigenvalue weighted by Gasteiger charge is 2.33. The molecule has 1 heterocycles. The Bertz CT molecular complexity index is 888. The zero-order valence-electron chi connectivity index (χ0n) is 15.9. The Kier molecular flexibility index (Phi) is 9.77. The molecule has 172 valence electrons. The zero-order chi connectivity index (χ0) is 22.4. The molecular weight excluding hydrogens is 548 g/mol. The van der Waals surface area contributed by atoms with Gasteiger partial charge in [-0.1, -0.05) is 6.07 Å². The molecule has 0 unspecified atom stereocenters. The van der Waals surface area contributed by atoms with Gasteiger partial charge in [-0.25, -0.2) is 9.37 Å². The molecule has 0 saturated carbocycles. The number of hydrogen-bond donors (Lipinski definition) is 2. The Balaban J connectivity index is 0.00000480. The number of pyridine rings is 1. The van der Waals surface area contributed by atoms with Crippen LogP contribution in [0.15, 0.2) is 41.5 Å². The number of aromatic nitrogens is 1. The van der Waals surface area contributed by atoms with Crippen molar-refractivity contribution >= 4 is 29.9 Å². The lowest BCUT2D eigenvalue weighted by molar-refractivity contribution is -0.154. The molecule has 0 bridgehead atoms. The van der Waals surface area contributed by atoms with E-state index in [-0.39, 0.29) is 54.5 Å². The highest BCUT2D eigenvalue weighted by atomic mass is 127. The molecule has 1 aromatic carbocycles. The number of halogens is 8. The summed E-state index contributed by atoms with van der Waals surface area (Å²) in [6, 6.07) is 5.15. The van der Waals surface area contributed by atoms with E-state index >= 15 is 0 Å². The zero-order valence-corrected chi connectivity index (χ0v) is 18.3. The summed E-state index contributed by atoms with van der Waals surface area (Å²) in [6.45, 7) is -1.69. The molecule has 2 N–H and O–H groups in total. The molecule has 0 amide bonds. The van der Waals surface area contributed by atoms with Crippen LogP contribution in [0.1, 0.15) is 16.7 Å². The Labute approximate surface area is 190 Å². The van der Waals surface area contributed by atoms with Gasteiger partial charge in [-0.05, 0) is 29.3 Å². The van der Waals surface area contributed by atoms with E-state index in [0.29, 0.717) is 11.6 Å². The number of rotatable bonds is 6. The van der Waals surface area contributed by atoms with Crippen LogP contribution in [0.3, 0.4) is 0 Å². The first-order chi connectivity index (χ1) is 14.0. The summed E-state index contributed by atoms with van der Waals surface area (Å²) in [5.41, 5.74) is -0.785. The van der Waals surface area contributed by atoms with Crippen LogP contribution in [0, 0.1) is 5.82 Å². The smallest absolute Gasteiger partial charge is 0.422 e. The van der Waals surface area contributed by atoms with Gasteiger partial charge in [-0.3, -0.25) is 4.99 Å². The second-order valence-corrected chi connectivity index (χ2v) is 5.98. The number of alkyl halides is 6. The van der Waals surface area contributed by atoms with Gasteiger partial charge in [0.25, 0.3) is 0 Å². The van der Waals surface area contributed by atoms with Crippen molar-refractivity contribution in [2.45, 2.75) is 25.4 Å². The largest absolute Gasteiger partial charge is 0.468 e. The van der Waals surface area contributed by atoms with Gasteiger partial charge in [0.15, 0.2) is 12.6 Å². The first-order valence-electron chi connectivity index (χ1n) is 8.42. The minimum atomic E-state index is -4.72. The van der Waals surface area contributed by atoms with Crippen molar-refractivity contribution in [2.24, 2.45) is 4.99 Å². The van der Waals surface area contributed by atoms with E-state index in [1.165, 1.54) is 25.4 Å². The number of nitrogens with one attached hydrogen (secondary N) is 2. The van der Waals surface area contributed by atoms with Gasteiger partial charge in [0, 0.05) is 32.4 Å². The van der Waals surface area contributed by atoms with Gasteiger partial charge >= 0.3 is 12.4 Å². The maximum Gasteiger partial charge on any atom is 0.422 e. The van der Waals surface area contributed by atoms with Gasteiger partial charge in [0.05, 0.1) is 5.56 Å². The standard InChI is InChI=1S/C18H17F7N4O.HI/c1-26-16(29-9-12-2-3-13(19)7-14(12)18(23,24)25)28-8-11-4-5-27-15(6-11)30-10-17(20,21)22;/h2-7H,8-10H2,1H3,(H2,26,28,29);1H. The molecule has 31 heavy (non-hydrogen) atoms. The summed E-state index contributed by atoms with van der Waals surface area (Å²) in [7, 11) is 1.38. The van der Waals surface area contributed by atoms with Crippen LogP contribution in [0.2, 0.25) is 0 Å². The minimum Gasteiger partial charge on any atom is -0.468 e. The Hall–Kier alpha value is -2.32. The molecule has 0 radical (unpaired) electrons. The van der Waals surface area contributed by atoms with Crippen molar-refractivity contribution in [3.8, 4) is 5.88 Å². The summed E-state index contributed by atoms with van der Waals surface area (Å²) in [5.74, 6) is -1.10. The predicted molar refractivity (Wildman–Crippen MR) is 110 cm³/mol. The lowest BCUT2D eigenvalue weighted by atomic mass is 10.1. The van der Waals surface area contributed by atoms with Crippen LogP contribution in [0.5, 0.6) is 5.88 Å². The number of aliphatic imine (C=N–C) groups is 1. The first kappa shape index (κ1) is 26.7. The fraction of sp³-hybridized carbons (Fsp3) is 0.333.